The van der Waals surface area contributed by atoms with Crippen LogP contribution in [0, 0.1) is 0 Å². The third kappa shape index (κ3) is 2.89. The van der Waals surface area contributed by atoms with Crippen LogP contribution in [0.15, 0.2) is 140 Å². The Balaban J connectivity index is 1.65. The Bertz CT molecular complexity index is 1790. The Kier molecular flexibility index (Phi) is 4.68. The number of fused-ring (bicyclic) bond motifs is 4. The van der Waals surface area contributed by atoms with Crippen molar-refractivity contribution in [2.24, 2.45) is 0 Å². The topological polar surface area (TPSA) is 26.3 Å². The number of carbonyl (C=O) groups is 1. The molecule has 1 spiro atoms. The van der Waals surface area contributed by atoms with Gasteiger partial charge >= 0.3 is 5.97 Å². The van der Waals surface area contributed by atoms with Crippen molar-refractivity contribution in [3.05, 3.63) is 173 Å². The number of hydrogen-bond acceptors (Lipinski definition) is 2. The normalized spacial score (nSPS) is 20.7. The van der Waals surface area contributed by atoms with E-state index in [4.69, 9.17) is 4.74 Å². The van der Waals surface area contributed by atoms with Crippen molar-refractivity contribution in [2.75, 3.05) is 0 Å². The van der Waals surface area contributed by atoms with Gasteiger partial charge in [-0.05, 0) is 56.2 Å². The molecule has 2 nitrogen and oxygen atoms in total. The maximum atomic E-state index is 14.1. The summed E-state index contributed by atoms with van der Waals surface area (Å²) in [5.74, 6) is -0.0563. The van der Waals surface area contributed by atoms with Crippen molar-refractivity contribution < 1.29 is 9.53 Å². The first-order valence-electron chi connectivity index (χ1n) is 13.4. The summed E-state index contributed by atoms with van der Waals surface area (Å²) in [6.45, 7) is 0. The number of ether oxygens (including phenoxy) is 1. The molecular weight excluding hydrogens is 476 g/mol. The Morgan fingerprint density at radius 3 is 1.69 bits per heavy atom. The van der Waals surface area contributed by atoms with Gasteiger partial charge in [-0.3, -0.25) is 4.79 Å². The predicted molar refractivity (Wildman–Crippen MR) is 156 cm³/mol. The summed E-state index contributed by atoms with van der Waals surface area (Å²) in [6, 6.07) is 48.4. The van der Waals surface area contributed by atoms with Crippen molar-refractivity contribution in [3.8, 4) is 5.75 Å². The van der Waals surface area contributed by atoms with Gasteiger partial charge in [0.25, 0.3) is 0 Å². The van der Waals surface area contributed by atoms with E-state index in [1.54, 1.807) is 0 Å². The van der Waals surface area contributed by atoms with E-state index in [9.17, 15) is 4.79 Å². The highest BCUT2D eigenvalue weighted by Gasteiger charge is 2.64. The van der Waals surface area contributed by atoms with Crippen molar-refractivity contribution in [1.29, 1.82) is 0 Å². The molecule has 0 N–H and O–H groups in total. The lowest BCUT2D eigenvalue weighted by Crippen LogP contribution is -2.41. The lowest BCUT2D eigenvalue weighted by Gasteiger charge is -2.41. The fourth-order valence-electron chi connectivity index (χ4n) is 7.16. The molecule has 39 heavy (non-hydrogen) atoms. The summed E-state index contributed by atoms with van der Waals surface area (Å²) < 4.78 is 6.09. The zero-order valence-corrected chi connectivity index (χ0v) is 21.2. The van der Waals surface area contributed by atoms with Crippen molar-refractivity contribution >= 4 is 28.3 Å². The van der Waals surface area contributed by atoms with Crippen LogP contribution in [0.5, 0.6) is 5.75 Å². The minimum absolute atomic E-state index is 0.202. The van der Waals surface area contributed by atoms with Crippen LogP contribution in [0.4, 0.5) is 0 Å². The van der Waals surface area contributed by atoms with Crippen LogP contribution in [-0.2, 0) is 10.2 Å². The highest BCUT2D eigenvalue weighted by molar-refractivity contribution is 6.34. The number of allylic oxidation sites excluding steroid dienone is 4. The molecule has 0 saturated carbocycles. The third-order valence-electron chi connectivity index (χ3n) is 8.46. The van der Waals surface area contributed by atoms with E-state index < -0.39 is 11.3 Å². The van der Waals surface area contributed by atoms with Gasteiger partial charge in [-0.15, -0.1) is 0 Å². The largest absolute Gasteiger partial charge is 0.426 e. The maximum Gasteiger partial charge on any atom is 0.320 e. The second-order valence-electron chi connectivity index (χ2n) is 10.3. The number of rotatable bonds is 3. The van der Waals surface area contributed by atoms with E-state index in [2.05, 4.69) is 121 Å². The van der Waals surface area contributed by atoms with Gasteiger partial charge in [0.15, 0.2) is 0 Å². The molecule has 184 valence electrons. The molecule has 0 amide bonds. The monoisotopic (exact) mass is 500 g/mol. The molecule has 5 aromatic carbocycles. The highest BCUT2D eigenvalue weighted by Crippen LogP contribution is 2.73. The first-order valence-corrected chi connectivity index (χ1v) is 13.4. The number of para-hydroxylation sites is 1. The Morgan fingerprint density at radius 2 is 1.03 bits per heavy atom. The van der Waals surface area contributed by atoms with Gasteiger partial charge < -0.3 is 4.74 Å². The van der Waals surface area contributed by atoms with E-state index in [0.717, 1.165) is 39.0 Å². The van der Waals surface area contributed by atoms with Crippen LogP contribution in [0.25, 0.3) is 22.3 Å². The van der Waals surface area contributed by atoms with Crippen molar-refractivity contribution in [1.82, 2.24) is 0 Å². The van der Waals surface area contributed by atoms with Gasteiger partial charge in [0.1, 0.15) is 11.7 Å². The Morgan fingerprint density at radius 1 is 0.513 bits per heavy atom. The molecule has 0 bridgehead atoms. The highest BCUT2D eigenvalue weighted by atomic mass is 16.5. The second kappa shape index (κ2) is 8.28. The first kappa shape index (κ1) is 22.1. The summed E-state index contributed by atoms with van der Waals surface area (Å²) in [6.07, 6.45) is 0. The van der Waals surface area contributed by atoms with E-state index in [1.807, 2.05) is 18.2 Å². The van der Waals surface area contributed by atoms with Crippen molar-refractivity contribution in [3.63, 3.8) is 0 Å². The van der Waals surface area contributed by atoms with Gasteiger partial charge in [0, 0.05) is 5.56 Å². The molecular formula is C37H24O2. The summed E-state index contributed by atoms with van der Waals surface area (Å²) in [4.78, 5) is 14.1. The minimum atomic E-state index is -0.729. The van der Waals surface area contributed by atoms with Crippen LogP contribution in [0.1, 0.15) is 39.3 Å². The average molecular weight is 501 g/mol. The lowest BCUT2D eigenvalue weighted by atomic mass is 9.62. The fraction of sp³-hybridized carbons (Fsp3) is 0.0541. The van der Waals surface area contributed by atoms with Crippen LogP contribution < -0.4 is 4.74 Å². The second-order valence-corrected chi connectivity index (χ2v) is 10.3. The van der Waals surface area contributed by atoms with Crippen LogP contribution in [-0.4, -0.2) is 5.97 Å². The Labute approximate surface area is 227 Å². The van der Waals surface area contributed by atoms with Gasteiger partial charge in [0.05, 0.1) is 5.41 Å². The molecule has 2 atom stereocenters. The van der Waals surface area contributed by atoms with Gasteiger partial charge in [-0.1, -0.05) is 133 Å². The Hall–Kier alpha value is -4.95. The van der Waals surface area contributed by atoms with Gasteiger partial charge in [0.2, 0.25) is 0 Å². The molecule has 5 aromatic rings. The fourth-order valence-corrected chi connectivity index (χ4v) is 7.16. The van der Waals surface area contributed by atoms with Gasteiger partial charge in [-0.2, -0.15) is 0 Å². The summed E-state index contributed by atoms with van der Waals surface area (Å²) in [5, 5.41) is 0. The first-order chi connectivity index (χ1) is 19.3. The van der Waals surface area contributed by atoms with Crippen LogP contribution >= 0.6 is 0 Å². The quantitative estimate of drug-likeness (QED) is 0.184. The van der Waals surface area contributed by atoms with Gasteiger partial charge in [-0.25, -0.2) is 0 Å². The van der Waals surface area contributed by atoms with E-state index in [0.29, 0.717) is 5.75 Å². The standard InChI is InChI=1S/C37H24O2/c38-36-35-28-21-11-10-20-27(28)34-32(25-16-6-2-7-17-25)31(24-14-4-1-5-15-24)33(26-18-8-3-9-19-26)37(34,35)29-22-12-13-23-30(29)39-36/h1-23,35H/t35-,37+/m0/s1. The zero-order valence-electron chi connectivity index (χ0n) is 21.2. The molecule has 0 unspecified atom stereocenters. The van der Waals surface area contributed by atoms with E-state index >= 15 is 0 Å². The van der Waals surface area contributed by atoms with Crippen LogP contribution in [0.2, 0.25) is 0 Å². The number of benzene rings is 5. The summed E-state index contributed by atoms with van der Waals surface area (Å²) in [5.41, 5.74) is 10.6. The predicted octanol–water partition coefficient (Wildman–Crippen LogP) is 8.18. The molecule has 0 aromatic heterocycles. The molecule has 3 aliphatic rings. The molecule has 8 rings (SSSR count). The third-order valence-corrected chi connectivity index (χ3v) is 8.46. The zero-order chi connectivity index (χ0) is 26.0. The number of esters is 1. The molecule has 0 radical (unpaired) electrons. The minimum Gasteiger partial charge on any atom is -0.426 e. The molecule has 0 saturated heterocycles. The molecule has 2 aliphatic carbocycles. The van der Waals surface area contributed by atoms with Crippen LogP contribution in [0.3, 0.4) is 0 Å². The average Bonchev–Trinajstić information content (AvgIpc) is 3.47. The van der Waals surface area contributed by atoms with Crippen molar-refractivity contribution in [2.45, 2.75) is 11.3 Å². The number of hydrogen-bond donors (Lipinski definition) is 0. The molecule has 0 fully saturated rings. The van der Waals surface area contributed by atoms with E-state index in [1.165, 1.54) is 16.7 Å². The summed E-state index contributed by atoms with van der Waals surface area (Å²) >= 11 is 0. The van der Waals surface area contributed by atoms with E-state index in [-0.39, 0.29) is 5.97 Å². The number of carbonyl (C=O) groups excluding carboxylic acids is 1. The SMILES string of the molecule is O=C1Oc2ccccc2[C@@]23C(c4ccccc4)=C(c4ccccc4)C(c4ccccc4)=C2c2ccccc2[C@@H]13. The molecule has 1 aliphatic heterocycles. The molecule has 2 heteroatoms. The molecule has 1 heterocycles. The smallest absolute Gasteiger partial charge is 0.320 e. The lowest BCUT2D eigenvalue weighted by molar-refractivity contribution is -0.138. The maximum absolute atomic E-state index is 14.1. The summed E-state index contributed by atoms with van der Waals surface area (Å²) in [7, 11) is 0.